The van der Waals surface area contributed by atoms with Crippen LogP contribution in [0.25, 0.3) is 0 Å². The molecule has 0 radical (unpaired) electrons. The van der Waals surface area contributed by atoms with E-state index in [1.807, 2.05) is 0 Å². The summed E-state index contributed by atoms with van der Waals surface area (Å²) >= 11 is 9.05. The largest absolute Gasteiger partial charge is 0.432 e. The van der Waals surface area contributed by atoms with E-state index < -0.39 is 4.92 Å². The zero-order chi connectivity index (χ0) is 13.1. The van der Waals surface area contributed by atoms with Crippen LogP contribution in [-0.4, -0.2) is 9.91 Å². The van der Waals surface area contributed by atoms with Crippen LogP contribution in [0.2, 0.25) is 5.02 Å². The summed E-state index contributed by atoms with van der Waals surface area (Å²) < 4.78 is 5.99. The molecular formula is C11H6BrClN2O3. The summed E-state index contributed by atoms with van der Waals surface area (Å²) in [5.74, 6) is 0.340. The van der Waals surface area contributed by atoms with Crippen LogP contribution >= 0.6 is 27.5 Å². The van der Waals surface area contributed by atoms with Crippen molar-refractivity contribution in [1.29, 1.82) is 0 Å². The van der Waals surface area contributed by atoms with Crippen molar-refractivity contribution in [3.05, 3.63) is 56.1 Å². The van der Waals surface area contributed by atoms with E-state index >= 15 is 0 Å². The van der Waals surface area contributed by atoms with E-state index in [9.17, 15) is 10.1 Å². The first-order valence-corrected chi connectivity index (χ1v) is 5.97. The van der Waals surface area contributed by atoms with Gasteiger partial charge in [0.25, 0.3) is 5.88 Å². The molecule has 0 atom stereocenters. The van der Waals surface area contributed by atoms with Gasteiger partial charge in [0.05, 0.1) is 9.40 Å². The maximum atomic E-state index is 10.8. The Labute approximate surface area is 116 Å². The molecule has 0 fully saturated rings. The Morgan fingerprint density at radius 3 is 2.83 bits per heavy atom. The minimum Gasteiger partial charge on any atom is -0.432 e. The number of hydrogen-bond acceptors (Lipinski definition) is 4. The zero-order valence-corrected chi connectivity index (χ0v) is 11.2. The molecule has 0 bridgehead atoms. The van der Waals surface area contributed by atoms with Crippen molar-refractivity contribution in [2.75, 3.05) is 0 Å². The molecule has 0 saturated carbocycles. The lowest BCUT2D eigenvalue weighted by molar-refractivity contribution is -0.386. The standard InChI is InChI=1S/C11H6BrClN2O3/c12-8-6-7(13)3-4-10(8)18-11-9(15(16)17)2-1-5-14-11/h1-6H. The maximum absolute atomic E-state index is 10.8. The monoisotopic (exact) mass is 328 g/mol. The van der Waals surface area contributed by atoms with Crippen LogP contribution in [0.4, 0.5) is 5.69 Å². The summed E-state index contributed by atoms with van der Waals surface area (Å²) in [5.41, 5.74) is -0.195. The highest BCUT2D eigenvalue weighted by molar-refractivity contribution is 9.10. The van der Waals surface area contributed by atoms with E-state index in [0.717, 1.165) is 0 Å². The number of rotatable bonds is 3. The van der Waals surface area contributed by atoms with Crippen LogP contribution in [0, 0.1) is 10.1 Å². The highest BCUT2D eigenvalue weighted by atomic mass is 79.9. The van der Waals surface area contributed by atoms with Gasteiger partial charge in [-0.3, -0.25) is 10.1 Å². The molecule has 2 aromatic rings. The SMILES string of the molecule is O=[N+]([O-])c1cccnc1Oc1ccc(Cl)cc1Br. The van der Waals surface area contributed by atoms with Crippen molar-refractivity contribution in [3.63, 3.8) is 0 Å². The average molecular weight is 330 g/mol. The minimum atomic E-state index is -0.549. The molecule has 1 aromatic heterocycles. The van der Waals surface area contributed by atoms with Gasteiger partial charge in [-0.15, -0.1) is 0 Å². The van der Waals surface area contributed by atoms with E-state index in [4.69, 9.17) is 16.3 Å². The second kappa shape index (κ2) is 5.32. The molecule has 0 unspecified atom stereocenters. The Hall–Kier alpha value is -1.66. The summed E-state index contributed by atoms with van der Waals surface area (Å²) in [6.07, 6.45) is 1.42. The van der Waals surface area contributed by atoms with Crippen LogP contribution in [0.1, 0.15) is 0 Å². The van der Waals surface area contributed by atoms with Gasteiger partial charge in [0, 0.05) is 17.3 Å². The molecule has 92 valence electrons. The molecule has 0 aliphatic carbocycles. The number of nitrogens with zero attached hydrogens (tertiary/aromatic N) is 2. The zero-order valence-electron chi connectivity index (χ0n) is 8.84. The van der Waals surface area contributed by atoms with E-state index in [0.29, 0.717) is 15.2 Å². The Morgan fingerprint density at radius 1 is 1.39 bits per heavy atom. The highest BCUT2D eigenvalue weighted by Crippen LogP contribution is 2.34. The lowest BCUT2D eigenvalue weighted by atomic mass is 10.3. The van der Waals surface area contributed by atoms with E-state index in [1.165, 1.54) is 18.3 Å². The normalized spacial score (nSPS) is 10.1. The van der Waals surface area contributed by atoms with E-state index in [1.54, 1.807) is 18.2 Å². The fourth-order valence-corrected chi connectivity index (χ4v) is 2.03. The van der Waals surface area contributed by atoms with Crippen LogP contribution < -0.4 is 4.74 Å². The van der Waals surface area contributed by atoms with Crippen molar-refractivity contribution in [2.24, 2.45) is 0 Å². The average Bonchev–Trinajstić information content (AvgIpc) is 2.33. The third-order valence-electron chi connectivity index (χ3n) is 2.05. The molecule has 0 amide bonds. The van der Waals surface area contributed by atoms with E-state index in [2.05, 4.69) is 20.9 Å². The van der Waals surface area contributed by atoms with Gasteiger partial charge in [0.2, 0.25) is 0 Å². The molecule has 2 rings (SSSR count). The molecule has 18 heavy (non-hydrogen) atoms. The minimum absolute atomic E-state index is 0.0643. The molecule has 0 aliphatic rings. The predicted molar refractivity (Wildman–Crippen MR) is 70.1 cm³/mol. The smallest absolute Gasteiger partial charge is 0.331 e. The fourth-order valence-electron chi connectivity index (χ4n) is 1.26. The molecule has 0 aliphatic heterocycles. The molecule has 0 spiro atoms. The molecule has 0 saturated heterocycles. The summed E-state index contributed by atoms with van der Waals surface area (Å²) in [6, 6.07) is 7.65. The number of pyridine rings is 1. The molecule has 1 heterocycles. The van der Waals surface area contributed by atoms with Crippen LogP contribution in [0.15, 0.2) is 41.0 Å². The molecule has 7 heteroatoms. The molecular weight excluding hydrogens is 323 g/mol. The van der Waals surface area contributed by atoms with Gasteiger partial charge in [0.1, 0.15) is 5.75 Å². The van der Waals surface area contributed by atoms with Crippen molar-refractivity contribution >= 4 is 33.2 Å². The second-order valence-electron chi connectivity index (χ2n) is 3.26. The van der Waals surface area contributed by atoms with Gasteiger partial charge < -0.3 is 4.74 Å². The number of nitro groups is 1. The Balaban J connectivity index is 2.37. The van der Waals surface area contributed by atoms with Crippen molar-refractivity contribution in [2.45, 2.75) is 0 Å². The number of halogens is 2. The van der Waals surface area contributed by atoms with Gasteiger partial charge in [-0.2, -0.15) is 0 Å². The first-order valence-electron chi connectivity index (χ1n) is 4.80. The number of benzene rings is 1. The van der Waals surface area contributed by atoms with Crippen LogP contribution in [0.5, 0.6) is 11.6 Å². The quantitative estimate of drug-likeness (QED) is 0.625. The van der Waals surface area contributed by atoms with Crippen LogP contribution in [0.3, 0.4) is 0 Å². The van der Waals surface area contributed by atoms with Crippen molar-refractivity contribution in [3.8, 4) is 11.6 Å². The fraction of sp³-hybridized carbons (Fsp3) is 0. The van der Waals surface area contributed by atoms with Gasteiger partial charge in [0.15, 0.2) is 0 Å². The molecule has 5 nitrogen and oxygen atoms in total. The Bertz CT molecular complexity index is 607. The van der Waals surface area contributed by atoms with Gasteiger partial charge in [-0.25, -0.2) is 4.98 Å². The predicted octanol–water partition coefficient (Wildman–Crippen LogP) is 4.20. The van der Waals surface area contributed by atoms with Crippen molar-refractivity contribution in [1.82, 2.24) is 4.98 Å². The van der Waals surface area contributed by atoms with Crippen molar-refractivity contribution < 1.29 is 9.66 Å². The third kappa shape index (κ3) is 2.77. The first kappa shape index (κ1) is 12.8. The van der Waals surface area contributed by atoms with E-state index in [-0.39, 0.29) is 11.6 Å². The Morgan fingerprint density at radius 2 is 2.17 bits per heavy atom. The topological polar surface area (TPSA) is 65.3 Å². The Kier molecular flexibility index (Phi) is 3.78. The summed E-state index contributed by atoms with van der Waals surface area (Å²) in [5, 5.41) is 11.3. The molecule has 0 N–H and O–H groups in total. The van der Waals surface area contributed by atoms with Gasteiger partial charge in [-0.1, -0.05) is 11.6 Å². The molecule has 1 aromatic carbocycles. The van der Waals surface area contributed by atoms with Crippen LogP contribution in [-0.2, 0) is 0 Å². The summed E-state index contributed by atoms with van der Waals surface area (Å²) in [6.45, 7) is 0. The second-order valence-corrected chi connectivity index (χ2v) is 4.55. The highest BCUT2D eigenvalue weighted by Gasteiger charge is 2.17. The lowest BCUT2D eigenvalue weighted by Crippen LogP contribution is -1.95. The number of aromatic nitrogens is 1. The van der Waals surface area contributed by atoms with Gasteiger partial charge >= 0.3 is 5.69 Å². The number of ether oxygens (including phenoxy) is 1. The maximum Gasteiger partial charge on any atom is 0.331 e. The summed E-state index contributed by atoms with van der Waals surface area (Å²) in [7, 11) is 0. The third-order valence-corrected chi connectivity index (χ3v) is 2.90. The first-order chi connectivity index (χ1) is 8.58. The summed E-state index contributed by atoms with van der Waals surface area (Å²) in [4.78, 5) is 14.1. The number of hydrogen-bond donors (Lipinski definition) is 0. The lowest BCUT2D eigenvalue weighted by Gasteiger charge is -2.06. The van der Waals surface area contributed by atoms with Gasteiger partial charge in [-0.05, 0) is 40.2 Å².